The van der Waals surface area contributed by atoms with Crippen molar-refractivity contribution in [1.82, 2.24) is 0 Å². The number of ether oxygens (including phenoxy) is 3. The summed E-state index contributed by atoms with van der Waals surface area (Å²) in [7, 11) is 0. The van der Waals surface area contributed by atoms with Crippen LogP contribution in [-0.2, 0) is 23.8 Å². The number of hydrogen-bond donors (Lipinski definition) is 2. The van der Waals surface area contributed by atoms with Crippen molar-refractivity contribution in [2.45, 2.75) is 98.0 Å². The van der Waals surface area contributed by atoms with Gasteiger partial charge in [-0.05, 0) is 73.3 Å². The normalized spacial score (nSPS) is 14.7. The van der Waals surface area contributed by atoms with E-state index in [1.54, 1.807) is 62.3 Å². The maximum absolute atomic E-state index is 12.9. The van der Waals surface area contributed by atoms with Crippen LogP contribution in [0.2, 0.25) is 0 Å². The van der Waals surface area contributed by atoms with Crippen molar-refractivity contribution in [3.05, 3.63) is 12.2 Å². The zero-order chi connectivity index (χ0) is 23.9. The molecule has 0 unspecified atom stereocenters. The van der Waals surface area contributed by atoms with Crippen LogP contribution in [0.4, 0.5) is 4.79 Å². The molecule has 0 aromatic heterocycles. The molecule has 0 aromatic rings. The second kappa shape index (κ2) is 10.4. The summed E-state index contributed by atoms with van der Waals surface area (Å²) in [5, 5.41) is 19.3. The highest BCUT2D eigenvalue weighted by atomic mass is 16.6. The lowest BCUT2D eigenvalue weighted by Gasteiger charge is -2.24. The van der Waals surface area contributed by atoms with E-state index >= 15 is 0 Å². The Balaban J connectivity index is 6.26. The zero-order valence-electron chi connectivity index (χ0n) is 19.4. The van der Waals surface area contributed by atoms with Crippen LogP contribution in [0.1, 0.15) is 75.2 Å². The lowest BCUT2D eigenvalue weighted by Crippen LogP contribution is -2.48. The molecule has 172 valence electrons. The van der Waals surface area contributed by atoms with E-state index in [-0.39, 0.29) is 12.8 Å². The van der Waals surface area contributed by atoms with Gasteiger partial charge in [-0.25, -0.2) is 9.59 Å². The first-order valence-electron chi connectivity index (χ1n) is 9.72. The first kappa shape index (κ1) is 27.4. The summed E-state index contributed by atoms with van der Waals surface area (Å²) in [6.45, 7) is 14.9. The Hall–Kier alpha value is -2.58. The number of aliphatic carboxylic acids is 1. The third-order valence-electron chi connectivity index (χ3n) is 3.05. The molecule has 0 heterocycles. The number of hydrogen-bond acceptors (Lipinski definition) is 6. The molecule has 0 aliphatic rings. The molecule has 0 rings (SSSR count). The van der Waals surface area contributed by atoms with Crippen LogP contribution >= 0.6 is 0 Å². The van der Waals surface area contributed by atoms with E-state index in [2.05, 4.69) is 0 Å². The van der Waals surface area contributed by atoms with Gasteiger partial charge in [-0.15, -0.1) is 0 Å². The fraction of sp³-hybridized carbons (Fsp3) is 0.714. The van der Waals surface area contributed by atoms with Crippen molar-refractivity contribution in [1.29, 1.82) is 0 Å². The van der Waals surface area contributed by atoms with Gasteiger partial charge in [0.25, 0.3) is 6.04 Å². The van der Waals surface area contributed by atoms with Crippen molar-refractivity contribution in [3.63, 3.8) is 0 Å². The zero-order valence-corrected chi connectivity index (χ0v) is 19.4. The minimum absolute atomic E-state index is 0.0322. The van der Waals surface area contributed by atoms with E-state index in [1.807, 2.05) is 0 Å². The summed E-state index contributed by atoms with van der Waals surface area (Å²) in [6.07, 6.45) is 0.555. The van der Waals surface area contributed by atoms with Gasteiger partial charge in [0.2, 0.25) is 0 Å². The van der Waals surface area contributed by atoms with E-state index < -0.39 is 47.0 Å². The van der Waals surface area contributed by atoms with E-state index in [4.69, 9.17) is 19.3 Å². The fourth-order valence-corrected chi connectivity index (χ4v) is 2.13. The molecule has 0 aliphatic heterocycles. The quantitative estimate of drug-likeness (QED) is 0.214. The topological polar surface area (TPSA) is 122 Å². The van der Waals surface area contributed by atoms with Gasteiger partial charge in [0.05, 0.1) is 0 Å². The SMILES string of the molecule is CC(C)(C)OC(=O)[C@H](CC/C=C/C(=O)O)[N+](C(=O)OC(C)(C)C)=C(O)OC(C)(C)C. The van der Waals surface area contributed by atoms with Crippen LogP contribution in [0.5, 0.6) is 0 Å². The molecular weight excluding hydrogens is 394 g/mol. The van der Waals surface area contributed by atoms with Gasteiger partial charge in [-0.1, -0.05) is 6.08 Å². The maximum atomic E-state index is 12.9. The van der Waals surface area contributed by atoms with Crippen LogP contribution in [0.3, 0.4) is 0 Å². The number of carboxylic acids is 1. The predicted molar refractivity (Wildman–Crippen MR) is 111 cm³/mol. The standard InChI is InChI=1S/C21H35NO8/c1-19(2,3)28-16(25)14(12-10-11-13-15(23)24)22(17(26)29-20(4,5)6)18(27)30-21(7,8)9/h11,13-14H,10,12H2,1-9H3,(H,23,24)/p+1/b13-11+/t14-/m0/s1. The van der Waals surface area contributed by atoms with Crippen LogP contribution in [-0.4, -0.2) is 61.7 Å². The third kappa shape index (κ3) is 12.1. The molecule has 9 heteroatoms. The van der Waals surface area contributed by atoms with Crippen LogP contribution in [0, 0.1) is 0 Å². The largest absolute Gasteiger partial charge is 0.603 e. The second-order valence-electron chi connectivity index (χ2n) is 9.71. The van der Waals surface area contributed by atoms with Crippen molar-refractivity contribution in [3.8, 4) is 0 Å². The van der Waals surface area contributed by atoms with Crippen molar-refractivity contribution >= 4 is 24.1 Å². The molecule has 0 saturated carbocycles. The minimum atomic E-state index is -1.31. The van der Waals surface area contributed by atoms with E-state index in [0.29, 0.717) is 4.58 Å². The van der Waals surface area contributed by atoms with E-state index in [0.717, 1.165) is 6.08 Å². The number of aliphatic hydroxyl groups is 1. The third-order valence-corrected chi connectivity index (χ3v) is 3.05. The van der Waals surface area contributed by atoms with Crippen LogP contribution in [0.15, 0.2) is 12.2 Å². The molecule has 0 radical (unpaired) electrons. The number of carbonyl (C=O) groups is 3. The maximum Gasteiger partial charge on any atom is 0.603 e. The fourth-order valence-electron chi connectivity index (χ4n) is 2.13. The van der Waals surface area contributed by atoms with Crippen molar-refractivity contribution in [2.24, 2.45) is 0 Å². The van der Waals surface area contributed by atoms with E-state index in [1.165, 1.54) is 6.08 Å². The van der Waals surface area contributed by atoms with Crippen molar-refractivity contribution in [2.75, 3.05) is 0 Å². The first-order valence-corrected chi connectivity index (χ1v) is 9.72. The van der Waals surface area contributed by atoms with Gasteiger partial charge < -0.3 is 24.4 Å². The summed E-state index contributed by atoms with van der Waals surface area (Å²) >= 11 is 0. The molecule has 1 amide bonds. The number of amides is 1. The molecule has 1 atom stereocenters. The number of carbonyl (C=O) groups excluding carboxylic acids is 2. The summed E-state index contributed by atoms with van der Waals surface area (Å²) in [4.78, 5) is 36.4. The Morgan fingerprint density at radius 3 is 1.70 bits per heavy atom. The second-order valence-corrected chi connectivity index (χ2v) is 9.71. The molecular formula is C21H36NO8+. The Bertz CT molecular complexity index is 687. The van der Waals surface area contributed by atoms with Gasteiger partial charge in [-0.2, -0.15) is 4.79 Å². The average molecular weight is 431 g/mol. The highest BCUT2D eigenvalue weighted by Gasteiger charge is 2.45. The van der Waals surface area contributed by atoms with Gasteiger partial charge >= 0.3 is 24.1 Å². The number of esters is 1. The highest BCUT2D eigenvalue weighted by Crippen LogP contribution is 2.18. The van der Waals surface area contributed by atoms with Gasteiger partial charge in [0.1, 0.15) is 16.8 Å². The summed E-state index contributed by atoms with van der Waals surface area (Å²) in [5.74, 6) is -1.93. The number of rotatable bonds is 6. The molecule has 0 spiro atoms. The molecule has 0 fully saturated rings. The Morgan fingerprint density at radius 1 is 0.833 bits per heavy atom. The Labute approximate surface area is 178 Å². The van der Waals surface area contributed by atoms with Gasteiger partial charge in [-0.3, -0.25) is 0 Å². The summed E-state index contributed by atoms with van der Waals surface area (Å²) in [5.41, 5.74) is -2.63. The number of carboxylic acid groups (broad SMARTS) is 1. The van der Waals surface area contributed by atoms with Crippen LogP contribution < -0.4 is 0 Å². The molecule has 0 aliphatic carbocycles. The van der Waals surface area contributed by atoms with Crippen LogP contribution in [0.25, 0.3) is 0 Å². The molecule has 0 aromatic carbocycles. The van der Waals surface area contributed by atoms with E-state index in [9.17, 15) is 19.5 Å². The van der Waals surface area contributed by atoms with Crippen molar-refractivity contribution < 1.29 is 43.4 Å². The predicted octanol–water partition coefficient (Wildman–Crippen LogP) is 3.79. The number of nitrogens with zero attached hydrogens (tertiary/aromatic N) is 1. The molecule has 2 N–H and O–H groups in total. The Morgan fingerprint density at radius 2 is 1.30 bits per heavy atom. The molecule has 30 heavy (non-hydrogen) atoms. The lowest BCUT2D eigenvalue weighted by molar-refractivity contribution is -0.501. The first-order chi connectivity index (χ1) is 13.3. The van der Waals surface area contributed by atoms with Gasteiger partial charge in [0.15, 0.2) is 0 Å². The molecule has 0 saturated heterocycles. The molecule has 9 nitrogen and oxygen atoms in total. The number of aliphatic hydroxyl groups excluding tert-OH is 1. The summed E-state index contributed by atoms with van der Waals surface area (Å²) in [6, 6.07) is -1.31. The minimum Gasteiger partial charge on any atom is -0.478 e. The smallest absolute Gasteiger partial charge is 0.478 e. The molecule has 0 bridgehead atoms. The highest BCUT2D eigenvalue weighted by molar-refractivity contribution is 5.80. The van der Waals surface area contributed by atoms with Gasteiger partial charge in [0, 0.05) is 12.5 Å². The summed E-state index contributed by atoms with van der Waals surface area (Å²) < 4.78 is 16.9. The lowest BCUT2D eigenvalue weighted by atomic mass is 10.1. The Kier molecular flexibility index (Phi) is 9.55. The monoisotopic (exact) mass is 430 g/mol. The number of allylic oxidation sites excluding steroid dienone is 1. The average Bonchev–Trinajstić information content (AvgIpc) is 2.43.